The maximum Gasteiger partial charge on any atom is 0.257 e. The molecule has 0 aliphatic heterocycles. The maximum atomic E-state index is 13.4. The first-order valence-electron chi connectivity index (χ1n) is 11.9. The predicted octanol–water partition coefficient (Wildman–Crippen LogP) is 4.22. The Morgan fingerprint density at radius 2 is 1.94 bits per heavy atom. The Labute approximate surface area is 202 Å². The van der Waals surface area contributed by atoms with Gasteiger partial charge in [0.2, 0.25) is 0 Å². The minimum Gasteiger partial charge on any atom is -0.504 e. The van der Waals surface area contributed by atoms with E-state index in [-0.39, 0.29) is 29.1 Å². The molecule has 0 bridgehead atoms. The van der Waals surface area contributed by atoms with Gasteiger partial charge in [0, 0.05) is 6.04 Å². The van der Waals surface area contributed by atoms with Crippen LogP contribution < -0.4 is 15.8 Å². The summed E-state index contributed by atoms with van der Waals surface area (Å²) in [4.78, 5) is 22.8. The largest absolute Gasteiger partial charge is 0.504 e. The van der Waals surface area contributed by atoms with Gasteiger partial charge in [-0.25, -0.2) is 9.97 Å². The molecule has 0 atom stereocenters. The third-order valence-electron chi connectivity index (χ3n) is 6.25. The highest BCUT2D eigenvalue weighted by atomic mass is 16.5. The van der Waals surface area contributed by atoms with Crippen molar-refractivity contribution in [2.45, 2.75) is 45.1 Å². The highest BCUT2D eigenvalue weighted by Crippen LogP contribution is 2.29. The number of aromatic hydroxyl groups is 1. The lowest BCUT2D eigenvalue weighted by molar-refractivity contribution is 0.0930. The minimum atomic E-state index is -0.263. The van der Waals surface area contributed by atoms with Crippen LogP contribution in [0.5, 0.6) is 11.5 Å². The van der Waals surface area contributed by atoms with E-state index in [2.05, 4.69) is 10.4 Å². The number of nitrogens with two attached hydrogens (primary N) is 1. The quantitative estimate of drug-likeness (QED) is 0.361. The molecule has 0 saturated heterocycles. The van der Waals surface area contributed by atoms with Gasteiger partial charge in [0.25, 0.3) is 5.91 Å². The number of ether oxygens (including phenoxy) is 1. The lowest BCUT2D eigenvalue weighted by Gasteiger charge is -2.22. The van der Waals surface area contributed by atoms with Gasteiger partial charge in [-0.1, -0.05) is 31.4 Å². The van der Waals surface area contributed by atoms with Gasteiger partial charge in [-0.2, -0.15) is 9.78 Å². The summed E-state index contributed by atoms with van der Waals surface area (Å²) < 4.78 is 6.90. The third-order valence-corrected chi connectivity index (χ3v) is 6.25. The first-order chi connectivity index (χ1) is 17.0. The second kappa shape index (κ2) is 9.61. The Hall–Kier alpha value is -4.14. The van der Waals surface area contributed by atoms with E-state index in [0.29, 0.717) is 40.1 Å². The summed E-state index contributed by atoms with van der Waals surface area (Å²) in [5, 5.41) is 17.7. The Morgan fingerprint density at radius 1 is 1.20 bits per heavy atom. The fourth-order valence-corrected chi connectivity index (χ4v) is 4.50. The number of anilines is 1. The number of hydrogen-bond acceptors (Lipinski definition) is 7. The van der Waals surface area contributed by atoms with Crippen LogP contribution in [0.1, 0.15) is 54.9 Å². The molecule has 1 aliphatic carbocycles. The van der Waals surface area contributed by atoms with Crippen molar-refractivity contribution in [2.24, 2.45) is 5.10 Å². The molecule has 2 aromatic heterocycles. The molecule has 1 fully saturated rings. The van der Waals surface area contributed by atoms with Crippen molar-refractivity contribution in [2.75, 3.05) is 12.3 Å². The van der Waals surface area contributed by atoms with Gasteiger partial charge in [-0.3, -0.25) is 4.79 Å². The number of aromatic nitrogens is 3. The van der Waals surface area contributed by atoms with Crippen molar-refractivity contribution in [3.63, 3.8) is 0 Å². The zero-order valence-electron chi connectivity index (χ0n) is 19.6. The Balaban J connectivity index is 1.59. The molecule has 5 rings (SSSR count). The van der Waals surface area contributed by atoms with E-state index in [9.17, 15) is 9.90 Å². The molecule has 2 aromatic carbocycles. The van der Waals surface area contributed by atoms with Crippen LogP contribution in [0.4, 0.5) is 5.82 Å². The highest BCUT2D eigenvalue weighted by Gasteiger charge is 2.26. The second-order valence-corrected chi connectivity index (χ2v) is 8.67. The van der Waals surface area contributed by atoms with Crippen LogP contribution in [0.3, 0.4) is 0 Å². The fraction of sp³-hybridized carbons (Fsp3) is 0.308. The molecule has 0 radical (unpaired) electrons. The Bertz CT molecular complexity index is 1420. The number of hydrogen-bond donors (Lipinski definition) is 3. The van der Waals surface area contributed by atoms with E-state index < -0.39 is 0 Å². The van der Waals surface area contributed by atoms with Crippen LogP contribution in [0.2, 0.25) is 0 Å². The first-order valence-corrected chi connectivity index (χ1v) is 11.9. The van der Waals surface area contributed by atoms with Crippen molar-refractivity contribution in [3.05, 3.63) is 53.6 Å². The number of amides is 1. The predicted molar refractivity (Wildman–Crippen MR) is 136 cm³/mol. The molecule has 2 heterocycles. The summed E-state index contributed by atoms with van der Waals surface area (Å²) in [6, 6.07) is 12.5. The lowest BCUT2D eigenvalue weighted by Crippen LogP contribution is -2.36. The monoisotopic (exact) mass is 472 g/mol. The van der Waals surface area contributed by atoms with Gasteiger partial charge >= 0.3 is 0 Å². The van der Waals surface area contributed by atoms with Crippen molar-refractivity contribution in [3.8, 4) is 11.5 Å². The molecule has 180 valence electrons. The molecule has 9 nitrogen and oxygen atoms in total. The van der Waals surface area contributed by atoms with E-state index in [1.165, 1.54) is 11.1 Å². The Morgan fingerprint density at radius 3 is 2.69 bits per heavy atom. The van der Waals surface area contributed by atoms with Crippen LogP contribution in [0.15, 0.2) is 47.6 Å². The first kappa shape index (κ1) is 22.6. The van der Waals surface area contributed by atoms with Crippen molar-refractivity contribution >= 4 is 40.1 Å². The average molecular weight is 473 g/mol. The van der Waals surface area contributed by atoms with E-state index in [4.69, 9.17) is 20.4 Å². The molecule has 1 saturated carbocycles. The molecular formula is C26H28N6O3. The van der Waals surface area contributed by atoms with E-state index in [1.54, 1.807) is 24.4 Å². The van der Waals surface area contributed by atoms with Crippen LogP contribution >= 0.6 is 0 Å². The van der Waals surface area contributed by atoms with Crippen molar-refractivity contribution < 1.29 is 14.6 Å². The summed E-state index contributed by atoms with van der Waals surface area (Å²) in [5.74, 6) is 0.318. The summed E-state index contributed by atoms with van der Waals surface area (Å²) >= 11 is 0. The highest BCUT2D eigenvalue weighted by molar-refractivity contribution is 6.10. The smallest absolute Gasteiger partial charge is 0.257 e. The number of fused-ring (bicyclic) bond motifs is 2. The summed E-state index contributed by atoms with van der Waals surface area (Å²) in [7, 11) is 0. The number of nitrogens with zero attached hydrogens (tertiary/aromatic N) is 4. The fourth-order valence-electron chi connectivity index (χ4n) is 4.50. The molecule has 4 N–H and O–H groups in total. The summed E-state index contributed by atoms with van der Waals surface area (Å²) in [6.07, 6.45) is 6.90. The van der Waals surface area contributed by atoms with E-state index in [1.807, 2.05) is 31.2 Å². The molecule has 1 amide bonds. The number of benzene rings is 2. The van der Waals surface area contributed by atoms with Gasteiger partial charge in [-0.05, 0) is 55.7 Å². The molecular weight excluding hydrogens is 444 g/mol. The van der Waals surface area contributed by atoms with Crippen LogP contribution in [0.25, 0.3) is 22.2 Å². The average Bonchev–Trinajstić information content (AvgIpc) is 3.13. The SMILES string of the molecule is CCOc1cc(/C=N\n2c(N)c(C(=O)NC3CCCCC3)c3nc4ccccc4nc32)ccc1O. The molecule has 0 spiro atoms. The number of carbonyl (C=O) groups excluding carboxylic acids is 1. The number of nitrogens with one attached hydrogen (secondary N) is 1. The van der Waals surface area contributed by atoms with Crippen LogP contribution in [-0.2, 0) is 0 Å². The number of rotatable bonds is 6. The summed E-state index contributed by atoms with van der Waals surface area (Å²) in [5.41, 5.74) is 9.62. The van der Waals surface area contributed by atoms with Crippen molar-refractivity contribution in [1.82, 2.24) is 20.0 Å². The maximum absolute atomic E-state index is 13.4. The standard InChI is InChI=1S/C26H28N6O3/c1-2-35-21-14-16(12-13-20(21)33)15-28-32-24(27)22(26(34)29-17-8-4-3-5-9-17)23-25(32)31-19-11-7-6-10-18(19)30-23/h6-7,10-15,17,33H,2-5,8-9,27H2,1H3,(H,29,34)/b28-15-. The van der Waals surface area contributed by atoms with E-state index >= 15 is 0 Å². The topological polar surface area (TPSA) is 128 Å². The van der Waals surface area contributed by atoms with Gasteiger partial charge in [0.05, 0.1) is 23.9 Å². The van der Waals surface area contributed by atoms with Crippen LogP contribution in [-0.4, -0.2) is 44.5 Å². The second-order valence-electron chi connectivity index (χ2n) is 8.67. The van der Waals surface area contributed by atoms with E-state index in [0.717, 1.165) is 25.7 Å². The van der Waals surface area contributed by atoms with Gasteiger partial charge in [0.15, 0.2) is 17.1 Å². The zero-order valence-corrected chi connectivity index (χ0v) is 19.6. The van der Waals surface area contributed by atoms with Gasteiger partial charge < -0.3 is 20.9 Å². The molecule has 1 aliphatic rings. The number of phenolic OH excluding ortho intramolecular Hbond substituents is 1. The normalized spacial score (nSPS) is 14.7. The van der Waals surface area contributed by atoms with Crippen molar-refractivity contribution in [1.29, 1.82) is 0 Å². The molecule has 35 heavy (non-hydrogen) atoms. The molecule has 0 unspecified atom stereocenters. The number of para-hydroxylation sites is 2. The molecule has 9 heteroatoms. The minimum absolute atomic E-state index is 0.0499. The van der Waals surface area contributed by atoms with Gasteiger partial charge in [-0.15, -0.1) is 0 Å². The third kappa shape index (κ3) is 4.49. The van der Waals surface area contributed by atoms with Gasteiger partial charge in [0.1, 0.15) is 16.9 Å². The lowest BCUT2D eigenvalue weighted by atomic mass is 9.95. The Kier molecular flexibility index (Phi) is 6.22. The number of phenols is 1. The number of nitrogen functional groups attached to an aromatic ring is 1. The summed E-state index contributed by atoms with van der Waals surface area (Å²) in [6.45, 7) is 2.27. The molecule has 4 aromatic rings. The number of carbonyl (C=O) groups is 1. The zero-order chi connectivity index (χ0) is 24.4. The van der Waals surface area contributed by atoms with Crippen LogP contribution in [0, 0.1) is 0 Å².